The molecule has 3 rings (SSSR count). The van der Waals surface area contributed by atoms with Gasteiger partial charge in [0.2, 0.25) is 4.34 Å². The second kappa shape index (κ2) is 5.41. The number of aromatic nitrogens is 4. The average molecular weight is 392 g/mol. The van der Waals surface area contributed by atoms with E-state index in [2.05, 4.69) is 35.7 Å². The van der Waals surface area contributed by atoms with E-state index in [0.717, 1.165) is 28.1 Å². The van der Waals surface area contributed by atoms with Crippen LogP contribution in [-0.2, 0) is 16.6 Å². The van der Waals surface area contributed by atoms with E-state index in [4.69, 9.17) is 0 Å². The lowest BCUT2D eigenvalue weighted by molar-refractivity contribution is 0.399. The number of nitrogens with one attached hydrogen (secondary N) is 1. The van der Waals surface area contributed by atoms with Crippen LogP contribution >= 0.6 is 27.3 Å². The zero-order chi connectivity index (χ0) is 15.2. The van der Waals surface area contributed by atoms with Crippen molar-refractivity contribution in [2.24, 2.45) is 0 Å². The lowest BCUT2D eigenvalue weighted by Gasteiger charge is -2.22. The Kier molecular flexibility index (Phi) is 3.89. The SMILES string of the molecule is Cc1nc2n(n1)CCCC2NS(=O)(=O)c1nc(C)c(Br)s1. The molecule has 1 aliphatic rings. The third kappa shape index (κ3) is 2.89. The van der Waals surface area contributed by atoms with Crippen LogP contribution in [0, 0.1) is 13.8 Å². The molecule has 0 bridgehead atoms. The summed E-state index contributed by atoms with van der Waals surface area (Å²) in [6.07, 6.45) is 1.58. The Labute approximate surface area is 135 Å². The van der Waals surface area contributed by atoms with Gasteiger partial charge in [-0.2, -0.15) is 9.82 Å². The van der Waals surface area contributed by atoms with Crippen LogP contribution in [0.5, 0.6) is 0 Å². The molecule has 2 aromatic rings. The Morgan fingerprint density at radius 2 is 2.14 bits per heavy atom. The van der Waals surface area contributed by atoms with Gasteiger partial charge in [-0.1, -0.05) is 11.3 Å². The van der Waals surface area contributed by atoms with Crippen LogP contribution in [0.4, 0.5) is 0 Å². The van der Waals surface area contributed by atoms with Crippen LogP contribution in [0.15, 0.2) is 8.13 Å². The number of fused-ring (bicyclic) bond motifs is 1. The lowest BCUT2D eigenvalue weighted by Crippen LogP contribution is -2.33. The smallest absolute Gasteiger partial charge is 0.248 e. The van der Waals surface area contributed by atoms with Crippen LogP contribution in [0.25, 0.3) is 0 Å². The summed E-state index contributed by atoms with van der Waals surface area (Å²) in [6, 6.07) is -0.354. The third-order valence-electron chi connectivity index (χ3n) is 3.23. The first-order chi connectivity index (χ1) is 9.87. The van der Waals surface area contributed by atoms with E-state index in [1.807, 2.05) is 0 Å². The fourth-order valence-corrected chi connectivity index (χ4v) is 5.48. The molecule has 0 saturated heterocycles. The highest BCUT2D eigenvalue weighted by atomic mass is 79.9. The summed E-state index contributed by atoms with van der Waals surface area (Å²) in [5, 5.41) is 4.27. The zero-order valence-corrected chi connectivity index (χ0v) is 14.7. The van der Waals surface area contributed by atoms with Crippen molar-refractivity contribution in [3.8, 4) is 0 Å². The molecule has 0 fully saturated rings. The molecule has 0 aliphatic carbocycles. The molecule has 2 aromatic heterocycles. The molecule has 1 atom stereocenters. The zero-order valence-electron chi connectivity index (χ0n) is 11.5. The Balaban J connectivity index is 1.90. The molecule has 1 aliphatic heterocycles. The van der Waals surface area contributed by atoms with Gasteiger partial charge in [-0.05, 0) is 42.6 Å². The fourth-order valence-electron chi connectivity index (χ4n) is 2.29. The van der Waals surface area contributed by atoms with Crippen LogP contribution in [0.3, 0.4) is 0 Å². The minimum absolute atomic E-state index is 0.0697. The first-order valence-electron chi connectivity index (χ1n) is 6.43. The number of thiazole rings is 1. The molecule has 114 valence electrons. The predicted octanol–water partition coefficient (Wildman–Crippen LogP) is 1.93. The van der Waals surface area contributed by atoms with Gasteiger partial charge in [0.05, 0.1) is 15.5 Å². The molecule has 10 heteroatoms. The summed E-state index contributed by atoms with van der Waals surface area (Å²) >= 11 is 4.41. The van der Waals surface area contributed by atoms with E-state index in [0.29, 0.717) is 23.8 Å². The topological polar surface area (TPSA) is 89.8 Å². The van der Waals surface area contributed by atoms with Gasteiger partial charge >= 0.3 is 0 Å². The van der Waals surface area contributed by atoms with Crippen molar-refractivity contribution >= 4 is 37.3 Å². The van der Waals surface area contributed by atoms with Gasteiger partial charge < -0.3 is 0 Å². The van der Waals surface area contributed by atoms with Crippen LogP contribution in [-0.4, -0.2) is 28.2 Å². The molecule has 0 saturated carbocycles. The molecular weight excluding hydrogens is 378 g/mol. The number of hydrogen-bond donors (Lipinski definition) is 1. The van der Waals surface area contributed by atoms with Crippen molar-refractivity contribution in [2.75, 3.05) is 0 Å². The maximum atomic E-state index is 12.4. The highest BCUT2D eigenvalue weighted by Crippen LogP contribution is 2.30. The Morgan fingerprint density at radius 3 is 2.81 bits per heavy atom. The number of nitrogens with zero attached hydrogens (tertiary/aromatic N) is 4. The summed E-state index contributed by atoms with van der Waals surface area (Å²) in [5.74, 6) is 1.33. The normalized spacial score (nSPS) is 18.7. The van der Waals surface area contributed by atoms with Gasteiger partial charge in [0.1, 0.15) is 11.6 Å². The third-order valence-corrected chi connectivity index (χ3v) is 7.08. The predicted molar refractivity (Wildman–Crippen MR) is 81.6 cm³/mol. The molecule has 0 amide bonds. The Morgan fingerprint density at radius 1 is 1.38 bits per heavy atom. The molecule has 0 spiro atoms. The second-order valence-corrected chi connectivity index (χ2v) is 9.10. The maximum Gasteiger partial charge on any atom is 0.268 e. The van der Waals surface area contributed by atoms with Crippen LogP contribution in [0.2, 0.25) is 0 Å². The molecule has 1 unspecified atom stereocenters. The van der Waals surface area contributed by atoms with Crippen molar-refractivity contribution in [1.82, 2.24) is 24.5 Å². The van der Waals surface area contributed by atoms with Crippen LogP contribution < -0.4 is 4.72 Å². The van der Waals surface area contributed by atoms with Crippen molar-refractivity contribution in [1.29, 1.82) is 0 Å². The monoisotopic (exact) mass is 391 g/mol. The van der Waals surface area contributed by atoms with Crippen molar-refractivity contribution in [2.45, 2.75) is 43.6 Å². The quantitative estimate of drug-likeness (QED) is 0.862. The summed E-state index contributed by atoms with van der Waals surface area (Å²) in [4.78, 5) is 8.42. The van der Waals surface area contributed by atoms with E-state index in [9.17, 15) is 8.42 Å². The standard InChI is InChI=1S/C11H14BrN5O2S2/c1-6-9(12)20-11(13-6)21(18,19)16-8-4-3-5-17-10(8)14-7(2)15-17/h8,16H,3-5H2,1-2H3. The van der Waals surface area contributed by atoms with Crippen molar-refractivity contribution in [3.05, 3.63) is 21.1 Å². The fraction of sp³-hybridized carbons (Fsp3) is 0.545. The van der Waals surface area contributed by atoms with Gasteiger partial charge in [-0.3, -0.25) is 0 Å². The van der Waals surface area contributed by atoms with E-state index < -0.39 is 10.0 Å². The number of hydrogen-bond acceptors (Lipinski definition) is 6. The van der Waals surface area contributed by atoms with Gasteiger partial charge in [0.15, 0.2) is 0 Å². The maximum absolute atomic E-state index is 12.4. The van der Waals surface area contributed by atoms with Gasteiger partial charge in [0, 0.05) is 6.54 Å². The van der Waals surface area contributed by atoms with Gasteiger partial charge in [-0.25, -0.2) is 23.1 Å². The highest BCUT2D eigenvalue weighted by Gasteiger charge is 2.30. The lowest BCUT2D eigenvalue weighted by atomic mass is 10.1. The highest BCUT2D eigenvalue weighted by molar-refractivity contribution is 9.11. The molecule has 21 heavy (non-hydrogen) atoms. The molecule has 3 heterocycles. The van der Waals surface area contributed by atoms with E-state index in [1.165, 1.54) is 0 Å². The van der Waals surface area contributed by atoms with Gasteiger partial charge in [-0.15, -0.1) is 0 Å². The molecular formula is C11H14BrN5O2S2. The van der Waals surface area contributed by atoms with Crippen LogP contribution in [0.1, 0.15) is 36.2 Å². The number of aryl methyl sites for hydroxylation is 3. The largest absolute Gasteiger partial charge is 0.268 e. The first kappa shape index (κ1) is 15.1. The van der Waals surface area contributed by atoms with E-state index in [1.54, 1.807) is 18.5 Å². The minimum Gasteiger partial charge on any atom is -0.248 e. The number of sulfonamides is 1. The van der Waals surface area contributed by atoms with Crippen molar-refractivity contribution < 1.29 is 8.42 Å². The van der Waals surface area contributed by atoms with Gasteiger partial charge in [0.25, 0.3) is 10.0 Å². The summed E-state index contributed by atoms with van der Waals surface area (Å²) in [5.41, 5.74) is 0.669. The van der Waals surface area contributed by atoms with E-state index in [-0.39, 0.29) is 10.4 Å². The summed E-state index contributed by atoms with van der Waals surface area (Å²) < 4.78 is 30.1. The number of rotatable bonds is 3. The molecule has 0 radical (unpaired) electrons. The van der Waals surface area contributed by atoms with E-state index >= 15 is 0 Å². The minimum atomic E-state index is -3.65. The Hall–Kier alpha value is -0.840. The Bertz CT molecular complexity index is 763. The average Bonchev–Trinajstić information content (AvgIpc) is 2.93. The second-order valence-electron chi connectivity index (χ2n) is 4.90. The molecule has 0 aromatic carbocycles. The number of halogens is 1. The first-order valence-corrected chi connectivity index (χ1v) is 9.52. The summed E-state index contributed by atoms with van der Waals surface area (Å²) in [7, 11) is -3.65. The molecule has 7 nitrogen and oxygen atoms in total. The summed E-state index contributed by atoms with van der Waals surface area (Å²) in [6.45, 7) is 4.34. The molecule has 1 N–H and O–H groups in total. The van der Waals surface area contributed by atoms with Crippen molar-refractivity contribution in [3.63, 3.8) is 0 Å².